The monoisotopic (exact) mass is 282 g/mol. The molecule has 1 atom stereocenters. The first-order chi connectivity index (χ1) is 9.22. The highest BCUT2D eigenvalue weighted by Gasteiger charge is 2.14. The van der Waals surface area contributed by atoms with E-state index in [1.54, 1.807) is 0 Å². The molecule has 0 aromatic heterocycles. The summed E-state index contributed by atoms with van der Waals surface area (Å²) in [5.74, 6) is 0. The van der Waals surface area contributed by atoms with Crippen LogP contribution in [0, 0.1) is 0 Å². The Kier molecular flexibility index (Phi) is 8.11. The van der Waals surface area contributed by atoms with Gasteiger partial charge in [-0.05, 0) is 50.7 Å². The molecule has 0 spiro atoms. The molecule has 0 saturated carbocycles. The van der Waals surface area contributed by atoms with E-state index in [4.69, 9.17) is 11.6 Å². The fourth-order valence-electron chi connectivity index (χ4n) is 2.30. The topological polar surface area (TPSA) is 15.3 Å². The summed E-state index contributed by atoms with van der Waals surface area (Å²) < 4.78 is 0. The molecule has 0 fully saturated rings. The van der Waals surface area contributed by atoms with E-state index in [0.717, 1.165) is 44.0 Å². The smallest absolute Gasteiger partial charge is 0.0453 e. The molecule has 1 N–H and O–H groups in total. The number of nitrogens with zero attached hydrogens (tertiary/aromatic N) is 1. The molecule has 0 aliphatic rings. The molecule has 3 heteroatoms. The summed E-state index contributed by atoms with van der Waals surface area (Å²) in [5.41, 5.74) is 1.23. The van der Waals surface area contributed by atoms with E-state index >= 15 is 0 Å². The normalized spacial score (nSPS) is 12.9. The van der Waals surface area contributed by atoms with Crippen LogP contribution in [0.2, 0.25) is 5.02 Å². The van der Waals surface area contributed by atoms with E-state index in [1.165, 1.54) is 5.56 Å². The van der Waals surface area contributed by atoms with Gasteiger partial charge in [0.1, 0.15) is 0 Å². The molecule has 2 nitrogen and oxygen atoms in total. The van der Waals surface area contributed by atoms with E-state index in [1.807, 2.05) is 12.1 Å². The number of halogens is 1. The maximum atomic E-state index is 6.33. The van der Waals surface area contributed by atoms with E-state index in [2.05, 4.69) is 43.1 Å². The molecule has 0 radical (unpaired) electrons. The second-order valence-corrected chi connectivity index (χ2v) is 5.25. The van der Waals surface area contributed by atoms with Gasteiger partial charge in [0.25, 0.3) is 0 Å². The van der Waals surface area contributed by atoms with Crippen molar-refractivity contribution in [3.05, 3.63) is 34.9 Å². The van der Waals surface area contributed by atoms with Crippen LogP contribution >= 0.6 is 11.6 Å². The quantitative estimate of drug-likeness (QED) is 0.733. The SMILES string of the molecule is CCCNC(CCN(CC)CC)c1ccccc1Cl. The highest BCUT2D eigenvalue weighted by Crippen LogP contribution is 2.25. The molecule has 19 heavy (non-hydrogen) atoms. The van der Waals surface area contributed by atoms with Gasteiger partial charge in [-0.2, -0.15) is 0 Å². The fourth-order valence-corrected chi connectivity index (χ4v) is 2.56. The van der Waals surface area contributed by atoms with Crippen LogP contribution in [0.15, 0.2) is 24.3 Å². The first-order valence-corrected chi connectivity index (χ1v) is 7.80. The van der Waals surface area contributed by atoms with E-state index in [9.17, 15) is 0 Å². The van der Waals surface area contributed by atoms with Crippen LogP contribution in [-0.2, 0) is 0 Å². The summed E-state index contributed by atoms with van der Waals surface area (Å²) in [7, 11) is 0. The van der Waals surface area contributed by atoms with Crippen molar-refractivity contribution >= 4 is 11.6 Å². The average molecular weight is 283 g/mol. The number of benzene rings is 1. The third-order valence-corrected chi connectivity index (χ3v) is 3.89. The molecule has 108 valence electrons. The van der Waals surface area contributed by atoms with Crippen LogP contribution in [0.5, 0.6) is 0 Å². The second-order valence-electron chi connectivity index (χ2n) is 4.84. The third-order valence-electron chi connectivity index (χ3n) is 3.55. The van der Waals surface area contributed by atoms with Crippen molar-refractivity contribution < 1.29 is 0 Å². The van der Waals surface area contributed by atoms with Gasteiger partial charge in [0, 0.05) is 11.1 Å². The van der Waals surface area contributed by atoms with Crippen molar-refractivity contribution in [3.8, 4) is 0 Å². The molecule has 0 amide bonds. The van der Waals surface area contributed by atoms with Crippen LogP contribution < -0.4 is 5.32 Å². The van der Waals surface area contributed by atoms with Crippen LogP contribution in [0.25, 0.3) is 0 Å². The van der Waals surface area contributed by atoms with Crippen LogP contribution in [0.3, 0.4) is 0 Å². The molecule has 1 aromatic rings. The Morgan fingerprint density at radius 2 is 1.84 bits per heavy atom. The Labute approximate surface area is 123 Å². The lowest BCUT2D eigenvalue weighted by molar-refractivity contribution is 0.282. The molecule has 0 heterocycles. The molecule has 0 aliphatic heterocycles. The van der Waals surface area contributed by atoms with Crippen LogP contribution in [-0.4, -0.2) is 31.1 Å². The lowest BCUT2D eigenvalue weighted by Gasteiger charge is -2.24. The van der Waals surface area contributed by atoms with Gasteiger partial charge in [0.2, 0.25) is 0 Å². The predicted octanol–water partition coefficient (Wildman–Crippen LogP) is 4.11. The van der Waals surface area contributed by atoms with Crippen molar-refractivity contribution in [1.29, 1.82) is 0 Å². The van der Waals surface area contributed by atoms with Crippen molar-refractivity contribution in [3.63, 3.8) is 0 Å². The van der Waals surface area contributed by atoms with Crippen molar-refractivity contribution in [1.82, 2.24) is 10.2 Å². The maximum Gasteiger partial charge on any atom is 0.0453 e. The third kappa shape index (κ3) is 5.52. The number of hydrogen-bond donors (Lipinski definition) is 1. The van der Waals surface area contributed by atoms with Gasteiger partial charge < -0.3 is 10.2 Å². The Balaban J connectivity index is 2.69. The molecule has 0 saturated heterocycles. The zero-order valence-electron chi connectivity index (χ0n) is 12.5. The minimum absolute atomic E-state index is 0.356. The number of rotatable bonds is 9. The summed E-state index contributed by atoms with van der Waals surface area (Å²) in [6.07, 6.45) is 2.25. The van der Waals surface area contributed by atoms with Crippen LogP contribution in [0.1, 0.15) is 45.2 Å². The minimum atomic E-state index is 0.356. The molecule has 1 unspecified atom stereocenters. The average Bonchev–Trinajstić information content (AvgIpc) is 2.44. The second kappa shape index (κ2) is 9.35. The lowest BCUT2D eigenvalue weighted by atomic mass is 10.0. The fraction of sp³-hybridized carbons (Fsp3) is 0.625. The van der Waals surface area contributed by atoms with Gasteiger partial charge in [-0.25, -0.2) is 0 Å². The number of hydrogen-bond acceptors (Lipinski definition) is 2. The summed E-state index contributed by atoms with van der Waals surface area (Å²) in [5, 5.41) is 4.49. The summed E-state index contributed by atoms with van der Waals surface area (Å²) in [6, 6.07) is 8.54. The number of nitrogens with one attached hydrogen (secondary N) is 1. The van der Waals surface area contributed by atoms with Gasteiger partial charge in [-0.15, -0.1) is 0 Å². The first kappa shape index (κ1) is 16.5. The Bertz CT molecular complexity index is 350. The standard InChI is InChI=1S/C16H27ClN2/c1-4-12-18-16(11-13-19(5-2)6-3)14-9-7-8-10-15(14)17/h7-10,16,18H,4-6,11-13H2,1-3H3. The van der Waals surface area contributed by atoms with E-state index in [0.29, 0.717) is 6.04 Å². The largest absolute Gasteiger partial charge is 0.310 e. The molecule has 1 rings (SSSR count). The highest BCUT2D eigenvalue weighted by atomic mass is 35.5. The van der Waals surface area contributed by atoms with E-state index in [-0.39, 0.29) is 0 Å². The molecule has 1 aromatic carbocycles. The van der Waals surface area contributed by atoms with Crippen molar-refractivity contribution in [2.24, 2.45) is 0 Å². The molecule has 0 aliphatic carbocycles. The van der Waals surface area contributed by atoms with Gasteiger partial charge in [0.05, 0.1) is 0 Å². The highest BCUT2D eigenvalue weighted by molar-refractivity contribution is 6.31. The van der Waals surface area contributed by atoms with Crippen molar-refractivity contribution in [2.45, 2.75) is 39.7 Å². The van der Waals surface area contributed by atoms with Gasteiger partial charge in [0.15, 0.2) is 0 Å². The Morgan fingerprint density at radius 3 is 2.42 bits per heavy atom. The molecular weight excluding hydrogens is 256 g/mol. The van der Waals surface area contributed by atoms with Crippen LogP contribution in [0.4, 0.5) is 0 Å². The summed E-state index contributed by atoms with van der Waals surface area (Å²) in [6.45, 7) is 11.0. The first-order valence-electron chi connectivity index (χ1n) is 7.43. The molecular formula is C16H27ClN2. The minimum Gasteiger partial charge on any atom is -0.310 e. The Hall–Kier alpha value is -0.570. The maximum absolute atomic E-state index is 6.33. The van der Waals surface area contributed by atoms with E-state index < -0.39 is 0 Å². The predicted molar refractivity (Wildman–Crippen MR) is 84.9 cm³/mol. The zero-order valence-corrected chi connectivity index (χ0v) is 13.2. The summed E-state index contributed by atoms with van der Waals surface area (Å²) >= 11 is 6.33. The van der Waals surface area contributed by atoms with Crippen molar-refractivity contribution in [2.75, 3.05) is 26.2 Å². The van der Waals surface area contributed by atoms with Gasteiger partial charge in [-0.1, -0.05) is 50.6 Å². The summed E-state index contributed by atoms with van der Waals surface area (Å²) in [4.78, 5) is 2.46. The van der Waals surface area contributed by atoms with Gasteiger partial charge >= 0.3 is 0 Å². The lowest BCUT2D eigenvalue weighted by Crippen LogP contribution is -2.30. The Morgan fingerprint density at radius 1 is 1.16 bits per heavy atom. The zero-order chi connectivity index (χ0) is 14.1. The van der Waals surface area contributed by atoms with Gasteiger partial charge in [-0.3, -0.25) is 0 Å². The molecule has 0 bridgehead atoms.